The molecule has 0 aliphatic heterocycles. The highest BCUT2D eigenvalue weighted by Gasteiger charge is 2.17. The van der Waals surface area contributed by atoms with Gasteiger partial charge in [0.15, 0.2) is 5.82 Å². The maximum atomic E-state index is 13.3. The molecule has 0 heterocycles. The monoisotopic (exact) mass is 352 g/mol. The van der Waals surface area contributed by atoms with Crippen LogP contribution in [0, 0.1) is 11.6 Å². The zero-order valence-corrected chi connectivity index (χ0v) is 12.5. The van der Waals surface area contributed by atoms with E-state index in [0.29, 0.717) is 0 Å². The van der Waals surface area contributed by atoms with E-state index in [0.717, 1.165) is 30.3 Å². The molecule has 2 aromatic carbocycles. The van der Waals surface area contributed by atoms with E-state index >= 15 is 0 Å². The van der Waals surface area contributed by atoms with Crippen LogP contribution in [-0.4, -0.2) is 8.42 Å². The molecule has 0 spiro atoms. The van der Waals surface area contributed by atoms with Crippen molar-refractivity contribution in [2.24, 2.45) is 0 Å². The average molecular weight is 353 g/mol. The van der Waals surface area contributed by atoms with Gasteiger partial charge in [-0.15, -0.1) is 0 Å². The molecule has 112 valence electrons. The molecular formula is C12H8Cl2F2N2O2S. The summed E-state index contributed by atoms with van der Waals surface area (Å²) in [6, 6.07) is 5.12. The number of benzene rings is 2. The molecule has 0 saturated heterocycles. The van der Waals surface area contributed by atoms with E-state index in [4.69, 9.17) is 28.9 Å². The predicted octanol–water partition coefficient (Wildman–Crippen LogP) is 3.65. The third kappa shape index (κ3) is 3.37. The van der Waals surface area contributed by atoms with Crippen molar-refractivity contribution in [3.63, 3.8) is 0 Å². The first-order valence-corrected chi connectivity index (χ1v) is 7.67. The molecule has 0 unspecified atom stereocenters. The van der Waals surface area contributed by atoms with Crippen LogP contribution >= 0.6 is 23.2 Å². The number of nitrogens with two attached hydrogens (primary N) is 1. The molecule has 0 atom stereocenters. The van der Waals surface area contributed by atoms with Crippen LogP contribution in [0.15, 0.2) is 35.2 Å². The quantitative estimate of drug-likeness (QED) is 0.654. The van der Waals surface area contributed by atoms with Crippen LogP contribution in [0.25, 0.3) is 0 Å². The van der Waals surface area contributed by atoms with E-state index in [2.05, 4.69) is 4.72 Å². The zero-order valence-electron chi connectivity index (χ0n) is 10.2. The summed E-state index contributed by atoms with van der Waals surface area (Å²) in [5.41, 5.74) is 5.04. The molecule has 0 saturated carbocycles. The molecule has 0 aliphatic rings. The van der Waals surface area contributed by atoms with Crippen LogP contribution in [0.2, 0.25) is 10.0 Å². The van der Waals surface area contributed by atoms with Gasteiger partial charge < -0.3 is 5.73 Å². The second kappa shape index (κ2) is 5.67. The van der Waals surface area contributed by atoms with Crippen LogP contribution in [0.1, 0.15) is 0 Å². The van der Waals surface area contributed by atoms with Gasteiger partial charge in [0.25, 0.3) is 10.0 Å². The Bertz CT molecular complexity index is 790. The normalized spacial score (nSPS) is 11.4. The largest absolute Gasteiger partial charge is 0.396 e. The molecule has 0 radical (unpaired) electrons. The van der Waals surface area contributed by atoms with Crippen molar-refractivity contribution in [2.45, 2.75) is 4.90 Å². The van der Waals surface area contributed by atoms with Gasteiger partial charge in [0.05, 0.1) is 26.3 Å². The Hall–Kier alpha value is -1.57. The minimum atomic E-state index is -4.08. The number of anilines is 2. The second-order valence-electron chi connectivity index (χ2n) is 4.04. The fourth-order valence-corrected chi connectivity index (χ4v) is 3.04. The summed E-state index contributed by atoms with van der Waals surface area (Å²) in [5.74, 6) is -1.73. The summed E-state index contributed by atoms with van der Waals surface area (Å²) >= 11 is 11.1. The van der Waals surface area contributed by atoms with E-state index in [9.17, 15) is 17.2 Å². The molecule has 2 rings (SSSR count). The zero-order chi connectivity index (χ0) is 15.8. The van der Waals surface area contributed by atoms with Crippen molar-refractivity contribution in [2.75, 3.05) is 10.5 Å². The number of nitrogens with one attached hydrogen (secondary N) is 1. The Morgan fingerprint density at radius 1 is 1.05 bits per heavy atom. The van der Waals surface area contributed by atoms with Gasteiger partial charge in [0.2, 0.25) is 0 Å². The number of halogens is 4. The van der Waals surface area contributed by atoms with E-state index in [1.807, 2.05) is 0 Å². The number of nitrogen functional groups attached to an aromatic ring is 1. The summed E-state index contributed by atoms with van der Waals surface area (Å²) in [4.78, 5) is -0.342. The highest BCUT2D eigenvalue weighted by Crippen LogP contribution is 2.29. The Balaban J connectivity index is 2.39. The smallest absolute Gasteiger partial charge is 0.261 e. The van der Waals surface area contributed by atoms with E-state index < -0.39 is 21.7 Å². The minimum Gasteiger partial charge on any atom is -0.396 e. The van der Waals surface area contributed by atoms with Gasteiger partial charge in [0.1, 0.15) is 5.82 Å². The first-order valence-electron chi connectivity index (χ1n) is 5.43. The van der Waals surface area contributed by atoms with Crippen LogP contribution in [0.5, 0.6) is 0 Å². The van der Waals surface area contributed by atoms with E-state index in [1.165, 1.54) is 0 Å². The van der Waals surface area contributed by atoms with Crippen LogP contribution in [0.4, 0.5) is 20.2 Å². The molecule has 4 nitrogen and oxygen atoms in total. The Kier molecular flexibility index (Phi) is 4.27. The van der Waals surface area contributed by atoms with Crippen LogP contribution < -0.4 is 10.5 Å². The maximum absolute atomic E-state index is 13.3. The third-order valence-corrected chi connectivity index (χ3v) is 4.45. The van der Waals surface area contributed by atoms with Crippen molar-refractivity contribution in [1.29, 1.82) is 0 Å². The van der Waals surface area contributed by atoms with Gasteiger partial charge in [-0.3, -0.25) is 4.72 Å². The van der Waals surface area contributed by atoms with Gasteiger partial charge in [-0.25, -0.2) is 17.2 Å². The molecule has 0 aliphatic carbocycles. The molecule has 0 bridgehead atoms. The van der Waals surface area contributed by atoms with Crippen LogP contribution in [0.3, 0.4) is 0 Å². The third-order valence-electron chi connectivity index (χ3n) is 2.52. The molecule has 0 fully saturated rings. The number of sulfonamides is 1. The lowest BCUT2D eigenvalue weighted by Crippen LogP contribution is -2.13. The van der Waals surface area contributed by atoms with Crippen molar-refractivity contribution >= 4 is 44.6 Å². The lowest BCUT2D eigenvalue weighted by atomic mass is 10.3. The Morgan fingerprint density at radius 3 is 2.14 bits per heavy atom. The fraction of sp³-hybridized carbons (Fsp3) is 0. The Labute approximate surface area is 129 Å². The van der Waals surface area contributed by atoms with Gasteiger partial charge in [0, 0.05) is 0 Å². The van der Waals surface area contributed by atoms with Gasteiger partial charge in [-0.1, -0.05) is 23.2 Å². The van der Waals surface area contributed by atoms with Crippen molar-refractivity contribution in [3.05, 3.63) is 52.0 Å². The summed E-state index contributed by atoms with van der Waals surface area (Å²) in [6.45, 7) is 0. The first-order chi connectivity index (χ1) is 9.70. The molecule has 0 aromatic heterocycles. The maximum Gasteiger partial charge on any atom is 0.261 e. The SMILES string of the molecule is Nc1ccc(S(=O)(=O)Nc2cc(Cl)c(F)c(Cl)c2)cc1F. The molecule has 2 aromatic rings. The topological polar surface area (TPSA) is 72.2 Å². The summed E-state index contributed by atoms with van der Waals surface area (Å²) in [6.07, 6.45) is 0. The lowest BCUT2D eigenvalue weighted by molar-refractivity contribution is 0.596. The number of hydrogen-bond acceptors (Lipinski definition) is 3. The van der Waals surface area contributed by atoms with Crippen molar-refractivity contribution in [3.8, 4) is 0 Å². The van der Waals surface area contributed by atoms with E-state index in [-0.39, 0.29) is 26.3 Å². The average Bonchev–Trinajstić information content (AvgIpc) is 2.38. The van der Waals surface area contributed by atoms with Gasteiger partial charge in [-0.2, -0.15) is 0 Å². The minimum absolute atomic E-state index is 0.0522. The molecule has 0 amide bonds. The molecular weight excluding hydrogens is 345 g/mol. The highest BCUT2D eigenvalue weighted by atomic mass is 35.5. The molecule has 3 N–H and O–H groups in total. The lowest BCUT2D eigenvalue weighted by Gasteiger charge is -2.10. The van der Waals surface area contributed by atoms with Crippen molar-refractivity contribution in [1.82, 2.24) is 0 Å². The summed E-state index contributed by atoms with van der Waals surface area (Å²) < 4.78 is 52.8. The number of hydrogen-bond donors (Lipinski definition) is 2. The molecule has 9 heteroatoms. The summed E-state index contributed by atoms with van der Waals surface area (Å²) in [7, 11) is -4.08. The predicted molar refractivity (Wildman–Crippen MR) is 78.0 cm³/mol. The first kappa shape index (κ1) is 15.8. The second-order valence-corrected chi connectivity index (χ2v) is 6.54. The summed E-state index contributed by atoms with van der Waals surface area (Å²) in [5, 5.41) is -0.688. The number of rotatable bonds is 3. The van der Waals surface area contributed by atoms with Crippen LogP contribution in [-0.2, 0) is 10.0 Å². The highest BCUT2D eigenvalue weighted by molar-refractivity contribution is 7.92. The van der Waals surface area contributed by atoms with Gasteiger partial charge >= 0.3 is 0 Å². The van der Waals surface area contributed by atoms with Gasteiger partial charge in [-0.05, 0) is 30.3 Å². The molecule has 21 heavy (non-hydrogen) atoms. The fourth-order valence-electron chi connectivity index (χ4n) is 1.50. The standard InChI is InChI=1S/C12H8Cl2F2N2O2S/c13-8-3-6(4-9(14)12(8)16)18-21(19,20)7-1-2-11(17)10(15)5-7/h1-5,18H,17H2. The Morgan fingerprint density at radius 2 is 1.62 bits per heavy atom. The van der Waals surface area contributed by atoms with Crippen molar-refractivity contribution < 1.29 is 17.2 Å². The van der Waals surface area contributed by atoms with E-state index in [1.54, 1.807) is 0 Å².